The third-order valence-corrected chi connectivity index (χ3v) is 3.41. The Morgan fingerprint density at radius 3 is 2.41 bits per heavy atom. The van der Waals surface area contributed by atoms with Crippen LogP contribution in [0.4, 0.5) is 0 Å². The topological polar surface area (TPSA) is 23.5 Å². The molecule has 2 unspecified atom stereocenters. The number of hydrogen-bond acceptors (Lipinski definition) is 2. The van der Waals surface area contributed by atoms with Crippen molar-refractivity contribution in [3.05, 3.63) is 35.9 Å². The number of nitrogens with zero attached hydrogens (tertiary/aromatic N) is 1. The van der Waals surface area contributed by atoms with Gasteiger partial charge < -0.3 is 10.0 Å². The van der Waals surface area contributed by atoms with Crippen LogP contribution in [0.15, 0.2) is 30.3 Å². The molecule has 0 bridgehead atoms. The number of likely N-dealkylation sites (N-methyl/N-ethyl adjacent to an activating group) is 1. The van der Waals surface area contributed by atoms with Crippen LogP contribution < -0.4 is 0 Å². The number of aliphatic hydroxyl groups excluding tert-OH is 1. The highest BCUT2D eigenvalue weighted by Gasteiger charge is 2.19. The van der Waals surface area contributed by atoms with E-state index < -0.39 is 6.10 Å². The fourth-order valence-corrected chi connectivity index (χ4v) is 1.98. The van der Waals surface area contributed by atoms with Crippen molar-refractivity contribution < 1.29 is 5.11 Å². The molecule has 96 valence electrons. The molecule has 2 nitrogen and oxygen atoms in total. The number of rotatable bonds is 7. The minimum absolute atomic E-state index is 0.161. The second-order valence-corrected chi connectivity index (χ2v) is 4.78. The minimum atomic E-state index is -0.400. The SMILES string of the molecule is CCCCCN(C)C(C)C(O)c1ccccc1. The number of benzene rings is 1. The van der Waals surface area contributed by atoms with E-state index in [1.807, 2.05) is 30.3 Å². The van der Waals surface area contributed by atoms with Crippen molar-refractivity contribution in [1.82, 2.24) is 4.90 Å². The molecule has 1 rings (SSSR count). The average molecular weight is 235 g/mol. The number of hydrogen-bond donors (Lipinski definition) is 1. The maximum Gasteiger partial charge on any atom is 0.0942 e. The molecule has 0 saturated carbocycles. The number of aliphatic hydroxyl groups is 1. The molecule has 1 aromatic rings. The molecule has 1 N–H and O–H groups in total. The van der Waals surface area contributed by atoms with Gasteiger partial charge in [-0.15, -0.1) is 0 Å². The fraction of sp³-hybridized carbons (Fsp3) is 0.600. The lowest BCUT2D eigenvalue weighted by Crippen LogP contribution is -2.35. The highest BCUT2D eigenvalue weighted by Crippen LogP contribution is 2.19. The van der Waals surface area contributed by atoms with E-state index in [0.29, 0.717) is 0 Å². The Morgan fingerprint density at radius 2 is 1.82 bits per heavy atom. The summed E-state index contributed by atoms with van der Waals surface area (Å²) in [6, 6.07) is 10.1. The monoisotopic (exact) mass is 235 g/mol. The first kappa shape index (κ1) is 14.2. The van der Waals surface area contributed by atoms with Crippen molar-refractivity contribution in [3.8, 4) is 0 Å². The Kier molecular flexibility index (Phi) is 6.23. The van der Waals surface area contributed by atoms with Crippen molar-refractivity contribution >= 4 is 0 Å². The molecule has 0 heterocycles. The quantitative estimate of drug-likeness (QED) is 0.733. The van der Waals surface area contributed by atoms with Crippen LogP contribution >= 0.6 is 0 Å². The molecule has 0 aliphatic carbocycles. The van der Waals surface area contributed by atoms with Crippen LogP contribution in [0, 0.1) is 0 Å². The molecule has 2 atom stereocenters. The van der Waals surface area contributed by atoms with Crippen molar-refractivity contribution in [2.75, 3.05) is 13.6 Å². The van der Waals surface area contributed by atoms with Crippen LogP contribution in [0.2, 0.25) is 0 Å². The Bertz CT molecular complexity index is 299. The van der Waals surface area contributed by atoms with E-state index in [4.69, 9.17) is 0 Å². The zero-order valence-corrected chi connectivity index (χ0v) is 11.3. The van der Waals surface area contributed by atoms with Crippen molar-refractivity contribution in [2.24, 2.45) is 0 Å². The molecular formula is C15H25NO. The predicted octanol–water partition coefficient (Wildman–Crippen LogP) is 3.23. The lowest BCUT2D eigenvalue weighted by Gasteiger charge is -2.29. The van der Waals surface area contributed by atoms with E-state index in [0.717, 1.165) is 12.1 Å². The van der Waals surface area contributed by atoms with Crippen LogP contribution in [-0.4, -0.2) is 29.6 Å². The maximum atomic E-state index is 10.3. The molecule has 0 radical (unpaired) electrons. The van der Waals surface area contributed by atoms with Gasteiger partial charge in [-0.05, 0) is 32.5 Å². The standard InChI is InChI=1S/C15H25NO/c1-4-5-9-12-16(3)13(2)15(17)14-10-7-6-8-11-14/h6-8,10-11,13,15,17H,4-5,9,12H2,1-3H3. The minimum Gasteiger partial charge on any atom is -0.387 e. The van der Waals surface area contributed by atoms with E-state index in [9.17, 15) is 5.11 Å². The van der Waals surface area contributed by atoms with Gasteiger partial charge >= 0.3 is 0 Å². The van der Waals surface area contributed by atoms with Crippen molar-refractivity contribution in [3.63, 3.8) is 0 Å². The molecule has 17 heavy (non-hydrogen) atoms. The van der Waals surface area contributed by atoms with Gasteiger partial charge in [0.25, 0.3) is 0 Å². The molecular weight excluding hydrogens is 210 g/mol. The molecule has 0 aliphatic heterocycles. The summed E-state index contributed by atoms with van der Waals surface area (Å²) in [4.78, 5) is 2.24. The highest BCUT2D eigenvalue weighted by atomic mass is 16.3. The third-order valence-electron chi connectivity index (χ3n) is 3.41. The van der Waals surface area contributed by atoms with Gasteiger partial charge in [-0.3, -0.25) is 0 Å². The van der Waals surface area contributed by atoms with E-state index in [2.05, 4.69) is 25.8 Å². The molecule has 0 aliphatic rings. The summed E-state index contributed by atoms with van der Waals surface area (Å²) in [7, 11) is 2.09. The number of unbranched alkanes of at least 4 members (excludes halogenated alkanes) is 2. The molecule has 0 saturated heterocycles. The average Bonchev–Trinajstić information content (AvgIpc) is 2.38. The van der Waals surface area contributed by atoms with Gasteiger partial charge in [0.2, 0.25) is 0 Å². The zero-order valence-electron chi connectivity index (χ0n) is 11.3. The van der Waals surface area contributed by atoms with Gasteiger partial charge in [0.15, 0.2) is 0 Å². The van der Waals surface area contributed by atoms with Crippen molar-refractivity contribution in [1.29, 1.82) is 0 Å². The maximum absolute atomic E-state index is 10.3. The summed E-state index contributed by atoms with van der Waals surface area (Å²) in [5.41, 5.74) is 1.00. The van der Waals surface area contributed by atoms with Crippen LogP contribution in [-0.2, 0) is 0 Å². The second kappa shape index (κ2) is 7.46. The Hall–Kier alpha value is -0.860. The summed E-state index contributed by atoms with van der Waals surface area (Å²) in [5, 5.41) is 10.3. The summed E-state index contributed by atoms with van der Waals surface area (Å²) in [6.45, 7) is 5.35. The largest absolute Gasteiger partial charge is 0.387 e. The van der Waals surface area contributed by atoms with Gasteiger partial charge in [-0.1, -0.05) is 50.1 Å². The van der Waals surface area contributed by atoms with Crippen LogP contribution in [0.5, 0.6) is 0 Å². The van der Waals surface area contributed by atoms with Crippen LogP contribution in [0.1, 0.15) is 44.8 Å². The third kappa shape index (κ3) is 4.49. The molecule has 2 heteroatoms. The molecule has 0 amide bonds. The summed E-state index contributed by atoms with van der Waals surface area (Å²) >= 11 is 0. The van der Waals surface area contributed by atoms with Crippen LogP contribution in [0.3, 0.4) is 0 Å². The first-order chi connectivity index (χ1) is 8.16. The normalized spacial score (nSPS) is 14.9. The lowest BCUT2D eigenvalue weighted by atomic mass is 10.0. The van der Waals surface area contributed by atoms with Crippen LogP contribution in [0.25, 0.3) is 0 Å². The Labute approximate surface area is 105 Å². The fourth-order valence-electron chi connectivity index (χ4n) is 1.98. The molecule has 0 fully saturated rings. The van der Waals surface area contributed by atoms with E-state index in [1.54, 1.807) is 0 Å². The summed E-state index contributed by atoms with van der Waals surface area (Å²) in [6.07, 6.45) is 3.31. The first-order valence-electron chi connectivity index (χ1n) is 6.60. The van der Waals surface area contributed by atoms with Gasteiger partial charge in [0.1, 0.15) is 0 Å². The van der Waals surface area contributed by atoms with Gasteiger partial charge in [-0.2, -0.15) is 0 Å². The zero-order chi connectivity index (χ0) is 12.7. The lowest BCUT2D eigenvalue weighted by molar-refractivity contribution is 0.0717. The van der Waals surface area contributed by atoms with E-state index in [-0.39, 0.29) is 6.04 Å². The van der Waals surface area contributed by atoms with E-state index >= 15 is 0 Å². The Morgan fingerprint density at radius 1 is 1.18 bits per heavy atom. The molecule has 1 aromatic carbocycles. The summed E-state index contributed by atoms with van der Waals surface area (Å²) in [5.74, 6) is 0. The molecule has 0 spiro atoms. The van der Waals surface area contributed by atoms with Gasteiger partial charge in [-0.25, -0.2) is 0 Å². The smallest absolute Gasteiger partial charge is 0.0942 e. The predicted molar refractivity (Wildman–Crippen MR) is 73.0 cm³/mol. The van der Waals surface area contributed by atoms with Gasteiger partial charge in [0, 0.05) is 6.04 Å². The first-order valence-corrected chi connectivity index (χ1v) is 6.60. The van der Waals surface area contributed by atoms with Crippen molar-refractivity contribution in [2.45, 2.75) is 45.3 Å². The second-order valence-electron chi connectivity index (χ2n) is 4.78. The highest BCUT2D eigenvalue weighted by molar-refractivity contribution is 5.18. The molecule has 0 aromatic heterocycles. The van der Waals surface area contributed by atoms with E-state index in [1.165, 1.54) is 19.3 Å². The Balaban J connectivity index is 2.48. The summed E-state index contributed by atoms with van der Waals surface area (Å²) < 4.78 is 0. The van der Waals surface area contributed by atoms with Gasteiger partial charge in [0.05, 0.1) is 6.10 Å².